The fraction of sp³-hybridized carbons (Fsp3) is 0.667. The minimum Gasteiger partial charge on any atom is -0.481 e. The van der Waals surface area contributed by atoms with Crippen LogP contribution in [0.3, 0.4) is 0 Å². The van der Waals surface area contributed by atoms with Crippen LogP contribution in [-0.4, -0.2) is 69.3 Å². The molecule has 0 aliphatic carbocycles. The van der Waals surface area contributed by atoms with Gasteiger partial charge < -0.3 is 20.1 Å². The molecule has 0 aromatic carbocycles. The Morgan fingerprint density at radius 1 is 1.48 bits per heavy atom. The standard InChI is InChI=1S/C12H19N5O4/c18-11(19)8-10-9-21-7-6-17(10)12(20)13-2-1-4-16-5-3-14-15-16/h3,5,10H,1-2,4,6-9H2,(H,13,20)(H,18,19). The second-order valence-corrected chi connectivity index (χ2v) is 4.77. The van der Waals surface area contributed by atoms with Gasteiger partial charge in [-0.2, -0.15) is 0 Å². The van der Waals surface area contributed by atoms with Crippen LogP contribution in [0, 0.1) is 0 Å². The fourth-order valence-electron chi connectivity index (χ4n) is 2.18. The van der Waals surface area contributed by atoms with Crippen LogP contribution in [0.4, 0.5) is 4.79 Å². The maximum absolute atomic E-state index is 12.1. The monoisotopic (exact) mass is 297 g/mol. The molecule has 2 amide bonds. The van der Waals surface area contributed by atoms with Crippen LogP contribution in [0.5, 0.6) is 0 Å². The van der Waals surface area contributed by atoms with Gasteiger partial charge in [-0.05, 0) is 6.42 Å². The van der Waals surface area contributed by atoms with E-state index in [0.717, 1.165) is 6.42 Å². The van der Waals surface area contributed by atoms with Gasteiger partial charge in [-0.25, -0.2) is 4.79 Å². The molecular formula is C12H19N5O4. The van der Waals surface area contributed by atoms with Crippen LogP contribution in [-0.2, 0) is 16.1 Å². The van der Waals surface area contributed by atoms with E-state index in [1.807, 2.05) is 0 Å². The summed E-state index contributed by atoms with van der Waals surface area (Å²) in [6.07, 6.45) is 3.98. The van der Waals surface area contributed by atoms with Crippen molar-refractivity contribution in [3.8, 4) is 0 Å². The van der Waals surface area contributed by atoms with Crippen LogP contribution in [0.25, 0.3) is 0 Å². The van der Waals surface area contributed by atoms with Crippen LogP contribution in [0.15, 0.2) is 12.4 Å². The highest BCUT2D eigenvalue weighted by Crippen LogP contribution is 2.10. The number of aromatic nitrogens is 3. The summed E-state index contributed by atoms with van der Waals surface area (Å²) in [5.74, 6) is -0.936. The molecule has 1 fully saturated rings. The number of amides is 2. The second kappa shape index (κ2) is 7.58. The third-order valence-corrected chi connectivity index (χ3v) is 3.21. The normalized spacial score (nSPS) is 18.5. The predicted octanol–water partition coefficient (Wildman–Crippen LogP) is -0.447. The van der Waals surface area contributed by atoms with Gasteiger partial charge in [0.05, 0.1) is 31.9 Å². The molecule has 1 saturated heterocycles. The van der Waals surface area contributed by atoms with E-state index in [2.05, 4.69) is 15.6 Å². The Hall–Kier alpha value is -2.16. The van der Waals surface area contributed by atoms with Gasteiger partial charge >= 0.3 is 12.0 Å². The largest absolute Gasteiger partial charge is 0.481 e. The smallest absolute Gasteiger partial charge is 0.317 e. The molecule has 9 nitrogen and oxygen atoms in total. The molecule has 1 aliphatic heterocycles. The number of carboxylic acid groups (broad SMARTS) is 1. The number of hydrogen-bond donors (Lipinski definition) is 2. The number of aliphatic carboxylic acids is 1. The Kier molecular flexibility index (Phi) is 5.50. The molecule has 0 saturated carbocycles. The van der Waals surface area contributed by atoms with E-state index < -0.39 is 12.0 Å². The van der Waals surface area contributed by atoms with Crippen molar-refractivity contribution in [3.05, 3.63) is 12.4 Å². The zero-order chi connectivity index (χ0) is 15.1. The molecule has 1 aliphatic rings. The molecule has 2 heterocycles. The minimum atomic E-state index is -0.936. The number of carboxylic acids is 1. The lowest BCUT2D eigenvalue weighted by Crippen LogP contribution is -2.53. The van der Waals surface area contributed by atoms with Crippen molar-refractivity contribution in [2.75, 3.05) is 26.3 Å². The number of ether oxygens (including phenoxy) is 1. The first kappa shape index (κ1) is 15.2. The highest BCUT2D eigenvalue weighted by atomic mass is 16.5. The minimum absolute atomic E-state index is 0.105. The third-order valence-electron chi connectivity index (χ3n) is 3.21. The van der Waals surface area contributed by atoms with E-state index in [-0.39, 0.29) is 19.1 Å². The summed E-state index contributed by atoms with van der Waals surface area (Å²) in [4.78, 5) is 24.4. The quantitative estimate of drug-likeness (QED) is 0.688. The fourth-order valence-corrected chi connectivity index (χ4v) is 2.18. The van der Waals surface area contributed by atoms with Crippen molar-refractivity contribution in [3.63, 3.8) is 0 Å². The Balaban J connectivity index is 1.73. The number of hydrogen-bond acceptors (Lipinski definition) is 5. The van der Waals surface area contributed by atoms with E-state index in [1.165, 1.54) is 4.90 Å². The molecule has 1 aromatic rings. The first-order chi connectivity index (χ1) is 10.2. The van der Waals surface area contributed by atoms with Gasteiger partial charge in [0.2, 0.25) is 0 Å². The molecule has 116 valence electrons. The Morgan fingerprint density at radius 3 is 3.05 bits per heavy atom. The molecule has 0 spiro atoms. The second-order valence-electron chi connectivity index (χ2n) is 4.77. The number of urea groups is 1. The summed E-state index contributed by atoms with van der Waals surface area (Å²) in [7, 11) is 0. The summed E-state index contributed by atoms with van der Waals surface area (Å²) in [6.45, 7) is 2.27. The number of carbonyl (C=O) groups is 2. The first-order valence-electron chi connectivity index (χ1n) is 6.85. The molecule has 21 heavy (non-hydrogen) atoms. The lowest BCUT2D eigenvalue weighted by atomic mass is 10.1. The first-order valence-corrected chi connectivity index (χ1v) is 6.85. The van der Waals surface area contributed by atoms with Gasteiger partial charge in [0.25, 0.3) is 0 Å². The third kappa shape index (κ3) is 4.71. The highest BCUT2D eigenvalue weighted by molar-refractivity contribution is 5.76. The average Bonchev–Trinajstić information content (AvgIpc) is 2.96. The molecule has 1 atom stereocenters. The predicted molar refractivity (Wildman–Crippen MR) is 71.6 cm³/mol. The lowest BCUT2D eigenvalue weighted by Gasteiger charge is -2.34. The molecule has 1 aromatic heterocycles. The van der Waals surface area contributed by atoms with Crippen LogP contribution in [0.1, 0.15) is 12.8 Å². The number of rotatable bonds is 6. The van der Waals surface area contributed by atoms with Gasteiger partial charge in [0, 0.05) is 25.8 Å². The van der Waals surface area contributed by atoms with Crippen molar-refractivity contribution < 1.29 is 19.4 Å². The number of aryl methyl sites for hydroxylation is 1. The topological polar surface area (TPSA) is 110 Å². The maximum atomic E-state index is 12.1. The molecule has 2 rings (SSSR count). The maximum Gasteiger partial charge on any atom is 0.317 e. The van der Waals surface area contributed by atoms with Crippen molar-refractivity contribution in [1.82, 2.24) is 25.2 Å². The van der Waals surface area contributed by atoms with Gasteiger partial charge in [0.1, 0.15) is 0 Å². The number of morpholine rings is 1. The van der Waals surface area contributed by atoms with Gasteiger partial charge in [-0.3, -0.25) is 9.48 Å². The molecular weight excluding hydrogens is 278 g/mol. The number of carbonyl (C=O) groups excluding carboxylic acids is 1. The van der Waals surface area contributed by atoms with Gasteiger partial charge in [-0.15, -0.1) is 5.10 Å². The van der Waals surface area contributed by atoms with E-state index in [0.29, 0.717) is 26.2 Å². The van der Waals surface area contributed by atoms with Gasteiger partial charge in [-0.1, -0.05) is 5.21 Å². The van der Waals surface area contributed by atoms with Crippen LogP contribution >= 0.6 is 0 Å². The van der Waals surface area contributed by atoms with E-state index in [1.54, 1.807) is 17.1 Å². The average molecular weight is 297 g/mol. The molecule has 2 N–H and O–H groups in total. The Morgan fingerprint density at radius 2 is 2.33 bits per heavy atom. The highest BCUT2D eigenvalue weighted by Gasteiger charge is 2.28. The van der Waals surface area contributed by atoms with Crippen molar-refractivity contribution >= 4 is 12.0 Å². The summed E-state index contributed by atoms with van der Waals surface area (Å²) in [5.41, 5.74) is 0. The SMILES string of the molecule is O=C(O)CC1COCCN1C(=O)NCCCn1ccnn1. The molecule has 0 radical (unpaired) electrons. The van der Waals surface area contributed by atoms with E-state index >= 15 is 0 Å². The van der Waals surface area contributed by atoms with Crippen molar-refractivity contribution in [2.45, 2.75) is 25.4 Å². The van der Waals surface area contributed by atoms with E-state index in [4.69, 9.17) is 9.84 Å². The summed E-state index contributed by atoms with van der Waals surface area (Å²) < 4.78 is 6.92. The molecule has 9 heteroatoms. The van der Waals surface area contributed by atoms with Crippen LogP contribution < -0.4 is 5.32 Å². The Bertz CT molecular complexity index is 464. The zero-order valence-corrected chi connectivity index (χ0v) is 11.6. The summed E-state index contributed by atoms with van der Waals surface area (Å²) >= 11 is 0. The van der Waals surface area contributed by atoms with E-state index in [9.17, 15) is 9.59 Å². The number of nitrogens with zero attached hydrogens (tertiary/aromatic N) is 4. The molecule has 0 bridgehead atoms. The molecule has 1 unspecified atom stereocenters. The Labute approximate surface area is 121 Å². The van der Waals surface area contributed by atoms with Crippen molar-refractivity contribution in [1.29, 1.82) is 0 Å². The van der Waals surface area contributed by atoms with Crippen molar-refractivity contribution in [2.24, 2.45) is 0 Å². The lowest BCUT2D eigenvalue weighted by molar-refractivity contribution is -0.139. The zero-order valence-electron chi connectivity index (χ0n) is 11.6. The van der Waals surface area contributed by atoms with Gasteiger partial charge in [0.15, 0.2) is 0 Å². The van der Waals surface area contributed by atoms with Crippen LogP contribution in [0.2, 0.25) is 0 Å². The number of nitrogens with one attached hydrogen (secondary N) is 1. The summed E-state index contributed by atoms with van der Waals surface area (Å²) in [6, 6.07) is -0.658. The summed E-state index contributed by atoms with van der Waals surface area (Å²) in [5, 5.41) is 19.2.